The fourth-order valence-corrected chi connectivity index (χ4v) is 2.75. The highest BCUT2D eigenvalue weighted by Gasteiger charge is 2.23. The van der Waals surface area contributed by atoms with Crippen molar-refractivity contribution in [3.05, 3.63) is 50.6 Å². The van der Waals surface area contributed by atoms with Gasteiger partial charge in [0.05, 0.1) is 31.1 Å². The minimum Gasteiger partial charge on any atom is -0.393 e. The third-order valence-electron chi connectivity index (χ3n) is 4.15. The number of aromatic amines is 1. The molecule has 2 aromatic rings. The van der Waals surface area contributed by atoms with Gasteiger partial charge in [-0.15, -0.1) is 0 Å². The van der Waals surface area contributed by atoms with Crippen LogP contribution in [-0.4, -0.2) is 53.5 Å². The van der Waals surface area contributed by atoms with Gasteiger partial charge in [-0.05, 0) is 6.07 Å². The van der Waals surface area contributed by atoms with Crippen molar-refractivity contribution in [1.82, 2.24) is 24.2 Å². The highest BCUT2D eigenvalue weighted by atomic mass is 16.3. The van der Waals surface area contributed by atoms with Gasteiger partial charge in [0.2, 0.25) is 5.91 Å². The summed E-state index contributed by atoms with van der Waals surface area (Å²) in [6.07, 6.45) is 0.462. The molecular weight excluding hydrogens is 330 g/mol. The predicted octanol–water partition coefficient (Wildman–Crippen LogP) is -1.81. The zero-order valence-electron chi connectivity index (χ0n) is 13.5. The lowest BCUT2D eigenvalue weighted by molar-refractivity contribution is -0.133. The molecule has 3 heterocycles. The largest absolute Gasteiger partial charge is 0.393 e. The molecule has 10 heteroatoms. The first-order chi connectivity index (χ1) is 12.0. The van der Waals surface area contributed by atoms with Crippen molar-refractivity contribution in [2.24, 2.45) is 0 Å². The quantitative estimate of drug-likeness (QED) is 0.583. The van der Waals surface area contributed by atoms with Gasteiger partial charge in [0, 0.05) is 31.8 Å². The van der Waals surface area contributed by atoms with E-state index in [9.17, 15) is 19.5 Å². The Labute approximate surface area is 141 Å². The van der Waals surface area contributed by atoms with Crippen LogP contribution in [0.1, 0.15) is 23.9 Å². The topological polar surface area (TPSA) is 133 Å². The van der Waals surface area contributed by atoms with Gasteiger partial charge < -0.3 is 19.7 Å². The van der Waals surface area contributed by atoms with Gasteiger partial charge in [-0.3, -0.25) is 19.3 Å². The summed E-state index contributed by atoms with van der Waals surface area (Å²) in [5.74, 6) is -0.116. The molecule has 1 aliphatic heterocycles. The number of hydrogen-bond donors (Lipinski definition) is 3. The van der Waals surface area contributed by atoms with E-state index in [4.69, 9.17) is 5.11 Å². The van der Waals surface area contributed by atoms with Gasteiger partial charge in [-0.2, -0.15) is 5.10 Å². The van der Waals surface area contributed by atoms with Gasteiger partial charge in [0.25, 0.3) is 5.56 Å². The van der Waals surface area contributed by atoms with Crippen LogP contribution in [0.5, 0.6) is 0 Å². The summed E-state index contributed by atoms with van der Waals surface area (Å²) in [6.45, 7) is 1.09. The van der Waals surface area contributed by atoms with Crippen molar-refractivity contribution in [2.45, 2.75) is 32.2 Å². The second kappa shape index (κ2) is 7.03. The molecule has 1 amide bonds. The fraction of sp³-hybridized carbons (Fsp3) is 0.467. The van der Waals surface area contributed by atoms with Crippen molar-refractivity contribution in [2.75, 3.05) is 13.2 Å². The van der Waals surface area contributed by atoms with Crippen LogP contribution in [0.15, 0.2) is 27.9 Å². The molecule has 10 nitrogen and oxygen atoms in total. The van der Waals surface area contributed by atoms with Gasteiger partial charge in [-0.25, -0.2) is 4.79 Å². The molecule has 3 rings (SSSR count). The highest BCUT2D eigenvalue weighted by Crippen LogP contribution is 2.18. The minimum atomic E-state index is -1.03. The average Bonchev–Trinajstić information content (AvgIpc) is 3.03. The van der Waals surface area contributed by atoms with E-state index in [1.165, 1.54) is 16.8 Å². The third-order valence-corrected chi connectivity index (χ3v) is 4.15. The zero-order valence-corrected chi connectivity index (χ0v) is 13.5. The zero-order chi connectivity index (χ0) is 18.0. The first-order valence-electron chi connectivity index (χ1n) is 7.91. The normalized spacial score (nSPS) is 15.0. The molecule has 0 radical (unpaired) electrons. The van der Waals surface area contributed by atoms with E-state index < -0.39 is 24.0 Å². The van der Waals surface area contributed by atoms with E-state index in [1.54, 1.807) is 15.6 Å². The van der Waals surface area contributed by atoms with Gasteiger partial charge in [0.1, 0.15) is 6.10 Å². The molecule has 0 saturated carbocycles. The maximum Gasteiger partial charge on any atom is 0.328 e. The van der Waals surface area contributed by atoms with Crippen LogP contribution >= 0.6 is 0 Å². The molecule has 25 heavy (non-hydrogen) atoms. The van der Waals surface area contributed by atoms with Crippen molar-refractivity contribution >= 4 is 5.91 Å². The van der Waals surface area contributed by atoms with Crippen LogP contribution in [0.3, 0.4) is 0 Å². The number of rotatable bonds is 5. The van der Waals surface area contributed by atoms with Crippen LogP contribution in [0.2, 0.25) is 0 Å². The molecular formula is C15H19N5O5. The summed E-state index contributed by atoms with van der Waals surface area (Å²) in [6, 6.07) is 2.91. The molecule has 0 fully saturated rings. The lowest BCUT2D eigenvalue weighted by Crippen LogP contribution is -2.39. The lowest BCUT2D eigenvalue weighted by Gasteiger charge is -2.27. The van der Waals surface area contributed by atoms with E-state index in [1.807, 2.05) is 0 Å². The Bertz CT molecular complexity index is 883. The fourth-order valence-electron chi connectivity index (χ4n) is 2.75. The smallest absolute Gasteiger partial charge is 0.328 e. The summed E-state index contributed by atoms with van der Waals surface area (Å²) in [4.78, 5) is 38.8. The number of nitrogens with one attached hydrogen (secondary N) is 1. The van der Waals surface area contributed by atoms with Gasteiger partial charge >= 0.3 is 5.69 Å². The first kappa shape index (κ1) is 17.1. The lowest BCUT2D eigenvalue weighted by atomic mass is 10.2. The average molecular weight is 349 g/mol. The van der Waals surface area contributed by atoms with Crippen LogP contribution in [0.25, 0.3) is 0 Å². The number of aliphatic hydroxyl groups is 2. The molecule has 134 valence electrons. The highest BCUT2D eigenvalue weighted by molar-refractivity contribution is 5.76. The van der Waals surface area contributed by atoms with E-state index in [2.05, 4.69) is 10.1 Å². The number of hydrogen-bond acceptors (Lipinski definition) is 6. The Morgan fingerprint density at radius 1 is 1.36 bits per heavy atom. The van der Waals surface area contributed by atoms with Crippen molar-refractivity contribution in [3.8, 4) is 0 Å². The molecule has 0 spiro atoms. The van der Waals surface area contributed by atoms with E-state index in [0.29, 0.717) is 25.3 Å². The van der Waals surface area contributed by atoms with Crippen molar-refractivity contribution < 1.29 is 15.0 Å². The monoisotopic (exact) mass is 349 g/mol. The maximum absolute atomic E-state index is 12.4. The molecule has 0 saturated heterocycles. The number of carbonyl (C=O) groups excluding carboxylic acids is 1. The Balaban J connectivity index is 1.63. The van der Waals surface area contributed by atoms with E-state index in [0.717, 1.165) is 5.69 Å². The molecule has 3 N–H and O–H groups in total. The number of carbonyl (C=O) groups is 1. The van der Waals surface area contributed by atoms with Crippen molar-refractivity contribution in [1.29, 1.82) is 0 Å². The first-order valence-corrected chi connectivity index (χ1v) is 7.91. The van der Waals surface area contributed by atoms with Crippen molar-refractivity contribution in [3.63, 3.8) is 0 Å². The number of H-pyrrole nitrogens is 1. The molecule has 1 unspecified atom stereocenters. The second-order valence-corrected chi connectivity index (χ2v) is 5.85. The second-order valence-electron chi connectivity index (χ2n) is 5.85. The number of amides is 1. The summed E-state index contributed by atoms with van der Waals surface area (Å²) >= 11 is 0. The molecule has 0 aromatic carbocycles. The summed E-state index contributed by atoms with van der Waals surface area (Å²) < 4.78 is 2.99. The third kappa shape index (κ3) is 3.69. The summed E-state index contributed by atoms with van der Waals surface area (Å²) in [5.41, 5.74) is 0.146. The molecule has 1 atom stereocenters. The molecule has 0 bridgehead atoms. The SMILES string of the molecule is O=C(CCn1ccc(=O)[nH]c1=O)N1CCn2nc(C(O)CO)cc2C1. The van der Waals surface area contributed by atoms with Crippen LogP contribution in [-0.2, 0) is 24.4 Å². The maximum atomic E-state index is 12.4. The van der Waals surface area contributed by atoms with E-state index >= 15 is 0 Å². The Kier molecular flexibility index (Phi) is 4.81. The summed E-state index contributed by atoms with van der Waals surface area (Å²) in [7, 11) is 0. The number of aromatic nitrogens is 4. The van der Waals surface area contributed by atoms with Crippen LogP contribution < -0.4 is 11.2 Å². The summed E-state index contributed by atoms with van der Waals surface area (Å²) in [5, 5.41) is 22.9. The molecule has 1 aliphatic rings. The van der Waals surface area contributed by atoms with Gasteiger partial charge in [-0.1, -0.05) is 0 Å². The Morgan fingerprint density at radius 2 is 2.16 bits per heavy atom. The number of aliphatic hydroxyl groups excluding tert-OH is 2. The predicted molar refractivity (Wildman–Crippen MR) is 85.6 cm³/mol. The number of aryl methyl sites for hydroxylation is 1. The van der Waals surface area contributed by atoms with Gasteiger partial charge in [0.15, 0.2) is 0 Å². The molecule has 2 aromatic heterocycles. The standard InChI is InChI=1S/C15H19N5O5/c21-9-12(22)11-7-10-8-19(5-6-20(10)17-11)14(24)2-4-18-3-1-13(23)16-15(18)25/h1,3,7,12,21-22H,2,4-6,8-9H2,(H,16,23,25). The van der Waals surface area contributed by atoms with Crippen LogP contribution in [0.4, 0.5) is 0 Å². The number of nitrogens with zero attached hydrogens (tertiary/aromatic N) is 4. The Morgan fingerprint density at radius 3 is 2.88 bits per heavy atom. The van der Waals surface area contributed by atoms with E-state index in [-0.39, 0.29) is 18.9 Å². The minimum absolute atomic E-state index is 0.116. The van der Waals surface area contributed by atoms with Crippen LogP contribution in [0, 0.1) is 0 Å². The number of fused-ring (bicyclic) bond motifs is 1. The Hall–Kier alpha value is -2.72. The molecule has 0 aliphatic carbocycles.